The maximum absolute atomic E-state index is 5.82. The van der Waals surface area contributed by atoms with E-state index in [0.29, 0.717) is 6.04 Å². The second-order valence-corrected chi connectivity index (χ2v) is 3.46. The number of nitrogens with zero attached hydrogens (tertiary/aromatic N) is 1. The fraction of sp³-hybridized carbons (Fsp3) is 1.00. The third-order valence-electron chi connectivity index (χ3n) is 2.23. The van der Waals surface area contributed by atoms with Crippen molar-refractivity contribution in [2.75, 3.05) is 33.4 Å². The summed E-state index contributed by atoms with van der Waals surface area (Å²) in [6.45, 7) is 7.86. The van der Waals surface area contributed by atoms with Gasteiger partial charge in [-0.3, -0.25) is 0 Å². The molecule has 0 aliphatic rings. The van der Waals surface area contributed by atoms with Crippen LogP contribution in [0.4, 0.5) is 0 Å². The maximum atomic E-state index is 5.82. The number of nitrogens with two attached hydrogens (primary N) is 1. The summed E-state index contributed by atoms with van der Waals surface area (Å²) in [7, 11) is 2.11. The lowest BCUT2D eigenvalue weighted by atomic mass is 10.2. The van der Waals surface area contributed by atoms with E-state index in [0.717, 1.165) is 39.1 Å². The Morgan fingerprint density at radius 2 is 2.00 bits per heavy atom. The minimum absolute atomic E-state index is 0.356. The van der Waals surface area contributed by atoms with Crippen LogP contribution >= 0.6 is 0 Å². The predicted octanol–water partition coefficient (Wildman–Crippen LogP) is 1.08. The molecule has 0 amide bonds. The lowest BCUT2D eigenvalue weighted by molar-refractivity contribution is 0.121. The Hall–Kier alpha value is -0.120. The average molecular weight is 188 g/mol. The van der Waals surface area contributed by atoms with E-state index in [2.05, 4.69) is 18.9 Å². The zero-order chi connectivity index (χ0) is 10.1. The molecule has 0 rings (SSSR count). The third kappa shape index (κ3) is 8.22. The van der Waals surface area contributed by atoms with Crippen molar-refractivity contribution >= 4 is 0 Å². The molecule has 0 aromatic heterocycles. The van der Waals surface area contributed by atoms with Crippen LogP contribution in [0.2, 0.25) is 0 Å². The van der Waals surface area contributed by atoms with Crippen LogP contribution in [-0.4, -0.2) is 44.3 Å². The Bertz CT molecular complexity index is 109. The molecule has 80 valence electrons. The van der Waals surface area contributed by atoms with E-state index in [1.54, 1.807) is 0 Å². The molecule has 0 aliphatic carbocycles. The molecule has 0 radical (unpaired) electrons. The summed E-state index contributed by atoms with van der Waals surface area (Å²) in [6.07, 6.45) is 2.15. The second kappa shape index (κ2) is 8.48. The summed E-state index contributed by atoms with van der Waals surface area (Å²) in [5, 5.41) is 0. The molecular weight excluding hydrogens is 164 g/mol. The van der Waals surface area contributed by atoms with Crippen LogP contribution in [-0.2, 0) is 4.74 Å². The molecule has 0 aliphatic heterocycles. The van der Waals surface area contributed by atoms with E-state index in [-0.39, 0.29) is 0 Å². The van der Waals surface area contributed by atoms with Crippen LogP contribution in [0, 0.1) is 0 Å². The van der Waals surface area contributed by atoms with Gasteiger partial charge in [0.1, 0.15) is 0 Å². The van der Waals surface area contributed by atoms with E-state index in [1.807, 2.05) is 6.92 Å². The quantitative estimate of drug-likeness (QED) is 0.579. The highest BCUT2D eigenvalue weighted by Crippen LogP contribution is 1.95. The highest BCUT2D eigenvalue weighted by atomic mass is 16.5. The molecule has 0 aromatic carbocycles. The molecule has 1 atom stereocenters. The van der Waals surface area contributed by atoms with E-state index in [9.17, 15) is 0 Å². The normalized spacial score (nSPS) is 13.6. The first-order valence-corrected chi connectivity index (χ1v) is 5.22. The van der Waals surface area contributed by atoms with Gasteiger partial charge in [-0.1, -0.05) is 6.92 Å². The Kier molecular flexibility index (Phi) is 8.40. The first-order valence-electron chi connectivity index (χ1n) is 5.22. The van der Waals surface area contributed by atoms with Gasteiger partial charge in [-0.25, -0.2) is 0 Å². The van der Waals surface area contributed by atoms with Gasteiger partial charge in [0.15, 0.2) is 0 Å². The Balaban J connectivity index is 3.24. The maximum Gasteiger partial charge on any atom is 0.0593 e. The molecule has 13 heavy (non-hydrogen) atoms. The second-order valence-electron chi connectivity index (χ2n) is 3.46. The van der Waals surface area contributed by atoms with Gasteiger partial charge in [-0.15, -0.1) is 0 Å². The van der Waals surface area contributed by atoms with Crippen molar-refractivity contribution in [3.05, 3.63) is 0 Å². The summed E-state index contributed by atoms with van der Waals surface area (Å²) in [5.41, 5.74) is 5.82. The monoisotopic (exact) mass is 188 g/mol. The minimum Gasteiger partial charge on any atom is -0.380 e. The van der Waals surface area contributed by atoms with Crippen LogP contribution in [0.3, 0.4) is 0 Å². The summed E-state index contributed by atoms with van der Waals surface area (Å²) in [6, 6.07) is 0.356. The van der Waals surface area contributed by atoms with E-state index in [1.165, 1.54) is 0 Å². The van der Waals surface area contributed by atoms with Gasteiger partial charge in [0, 0.05) is 19.2 Å². The van der Waals surface area contributed by atoms with Gasteiger partial charge in [-0.05, 0) is 33.4 Å². The van der Waals surface area contributed by atoms with Crippen molar-refractivity contribution in [3.63, 3.8) is 0 Å². The number of likely N-dealkylation sites (N-methyl/N-ethyl adjacent to an activating group) is 1. The van der Waals surface area contributed by atoms with Crippen molar-refractivity contribution in [1.29, 1.82) is 0 Å². The summed E-state index contributed by atoms with van der Waals surface area (Å²) >= 11 is 0. The predicted molar refractivity (Wildman–Crippen MR) is 56.9 cm³/mol. The molecule has 0 bridgehead atoms. The number of ether oxygens (including phenoxy) is 1. The molecule has 0 saturated heterocycles. The highest BCUT2D eigenvalue weighted by Gasteiger charge is 2.02. The van der Waals surface area contributed by atoms with Crippen LogP contribution < -0.4 is 5.73 Å². The first-order chi connectivity index (χ1) is 6.20. The highest BCUT2D eigenvalue weighted by molar-refractivity contribution is 4.61. The lowest BCUT2D eigenvalue weighted by Gasteiger charge is -2.18. The van der Waals surface area contributed by atoms with Crippen LogP contribution in [0.1, 0.15) is 26.7 Å². The van der Waals surface area contributed by atoms with E-state index >= 15 is 0 Å². The van der Waals surface area contributed by atoms with Crippen LogP contribution in [0.15, 0.2) is 0 Å². The third-order valence-corrected chi connectivity index (χ3v) is 2.23. The van der Waals surface area contributed by atoms with Crippen molar-refractivity contribution in [2.45, 2.75) is 32.7 Å². The first kappa shape index (κ1) is 12.9. The fourth-order valence-corrected chi connectivity index (χ4v) is 1.07. The van der Waals surface area contributed by atoms with Gasteiger partial charge >= 0.3 is 0 Å². The summed E-state index contributed by atoms with van der Waals surface area (Å²) in [5.74, 6) is 0. The van der Waals surface area contributed by atoms with Crippen molar-refractivity contribution in [1.82, 2.24) is 4.90 Å². The topological polar surface area (TPSA) is 38.5 Å². The molecular formula is C10H24N2O. The molecule has 0 saturated carbocycles. The van der Waals surface area contributed by atoms with Crippen LogP contribution in [0.25, 0.3) is 0 Å². The molecule has 3 heteroatoms. The lowest BCUT2D eigenvalue weighted by Crippen LogP contribution is -2.29. The smallest absolute Gasteiger partial charge is 0.0593 e. The Morgan fingerprint density at radius 3 is 2.54 bits per heavy atom. The molecule has 0 spiro atoms. The minimum atomic E-state index is 0.356. The number of rotatable bonds is 8. The molecule has 3 nitrogen and oxygen atoms in total. The molecule has 0 heterocycles. The molecule has 1 unspecified atom stereocenters. The summed E-state index contributed by atoms with van der Waals surface area (Å²) in [4.78, 5) is 2.27. The largest absolute Gasteiger partial charge is 0.380 e. The summed E-state index contributed by atoms with van der Waals surface area (Å²) < 4.78 is 5.26. The fourth-order valence-electron chi connectivity index (χ4n) is 1.07. The van der Waals surface area contributed by atoms with Crippen molar-refractivity contribution in [2.24, 2.45) is 5.73 Å². The molecule has 0 aromatic rings. The zero-order valence-corrected chi connectivity index (χ0v) is 9.25. The number of hydrogen-bond acceptors (Lipinski definition) is 3. The van der Waals surface area contributed by atoms with Gasteiger partial charge in [0.2, 0.25) is 0 Å². The van der Waals surface area contributed by atoms with Gasteiger partial charge in [-0.2, -0.15) is 0 Å². The van der Waals surface area contributed by atoms with Crippen molar-refractivity contribution < 1.29 is 4.74 Å². The standard InChI is InChI=1S/C10H24N2O/c1-4-10(11)6-7-12(3)8-9-13-5-2/h10H,4-9,11H2,1-3H3. The van der Waals surface area contributed by atoms with Gasteiger partial charge in [0.25, 0.3) is 0 Å². The molecule has 2 N–H and O–H groups in total. The SMILES string of the molecule is CCOCCN(C)CCC(N)CC. The van der Waals surface area contributed by atoms with Gasteiger partial charge < -0.3 is 15.4 Å². The van der Waals surface area contributed by atoms with Gasteiger partial charge in [0.05, 0.1) is 6.61 Å². The molecule has 0 fully saturated rings. The van der Waals surface area contributed by atoms with Crippen molar-refractivity contribution in [3.8, 4) is 0 Å². The van der Waals surface area contributed by atoms with Crippen LogP contribution in [0.5, 0.6) is 0 Å². The Morgan fingerprint density at radius 1 is 1.31 bits per heavy atom. The van der Waals surface area contributed by atoms with E-state index in [4.69, 9.17) is 10.5 Å². The Labute approximate surface area is 82.2 Å². The van der Waals surface area contributed by atoms with E-state index < -0.39 is 0 Å². The zero-order valence-electron chi connectivity index (χ0n) is 9.25. The average Bonchev–Trinajstić information content (AvgIpc) is 2.14. The number of hydrogen-bond donors (Lipinski definition) is 1.